The van der Waals surface area contributed by atoms with Crippen LogP contribution in [-0.4, -0.2) is 53.8 Å². The molecule has 4 rings (SSSR count). The summed E-state index contributed by atoms with van der Waals surface area (Å²) in [6.07, 6.45) is 7.25. The van der Waals surface area contributed by atoms with E-state index in [1.807, 2.05) is 12.1 Å². The molecule has 0 aliphatic carbocycles. The van der Waals surface area contributed by atoms with Gasteiger partial charge < -0.3 is 15.5 Å². The maximum Gasteiger partial charge on any atom is 0.272 e. The number of piperidine rings is 1. The minimum absolute atomic E-state index is 0.112. The topological polar surface area (TPSA) is 85.9 Å². The number of aromatic nitrogens is 3. The molecule has 2 aliphatic heterocycles. The number of fused-ring (bicyclic) bond motifs is 1. The molecular weight excluding hydrogens is 328 g/mol. The first kappa shape index (κ1) is 17.3. The molecule has 4 heterocycles. The molecule has 0 aromatic carbocycles. The van der Waals surface area contributed by atoms with Gasteiger partial charge in [-0.2, -0.15) is 5.10 Å². The Morgan fingerprint density at radius 3 is 2.69 bits per heavy atom. The normalized spacial score (nSPS) is 19.5. The second-order valence-electron chi connectivity index (χ2n) is 7.44. The van der Waals surface area contributed by atoms with Crippen molar-refractivity contribution >= 4 is 22.8 Å². The number of hydrogen-bond donors (Lipinski definition) is 3. The Morgan fingerprint density at radius 1 is 1.15 bits per heavy atom. The van der Waals surface area contributed by atoms with Gasteiger partial charge in [0, 0.05) is 19.6 Å². The van der Waals surface area contributed by atoms with E-state index < -0.39 is 0 Å². The van der Waals surface area contributed by atoms with E-state index in [4.69, 9.17) is 4.98 Å². The van der Waals surface area contributed by atoms with Gasteiger partial charge in [0.2, 0.25) is 0 Å². The highest BCUT2D eigenvalue weighted by Gasteiger charge is 2.19. The summed E-state index contributed by atoms with van der Waals surface area (Å²) < 4.78 is 0. The Balaban J connectivity index is 1.45. The van der Waals surface area contributed by atoms with Crippen molar-refractivity contribution in [1.29, 1.82) is 0 Å². The van der Waals surface area contributed by atoms with E-state index >= 15 is 0 Å². The standard InChI is InChI=1S/C19H28N6O/c26-19(21-13-14-7-9-20-10-8-14)17-15-5-6-16(22-18(15)24-23-17)25-11-3-1-2-4-12-25/h5-6,14,20H,1-4,7-13H2,(H,21,26)(H,22,23,24). The molecule has 0 atom stereocenters. The van der Waals surface area contributed by atoms with E-state index in [0.717, 1.165) is 50.2 Å². The highest BCUT2D eigenvalue weighted by molar-refractivity contribution is 6.04. The third-order valence-corrected chi connectivity index (χ3v) is 5.56. The number of aromatic amines is 1. The van der Waals surface area contributed by atoms with Gasteiger partial charge in [-0.1, -0.05) is 12.8 Å². The van der Waals surface area contributed by atoms with Gasteiger partial charge >= 0.3 is 0 Å². The summed E-state index contributed by atoms with van der Waals surface area (Å²) in [5, 5.41) is 14.4. The molecule has 0 saturated carbocycles. The molecule has 7 heteroatoms. The quantitative estimate of drug-likeness (QED) is 0.781. The number of anilines is 1. The van der Waals surface area contributed by atoms with Crippen LogP contribution in [0.5, 0.6) is 0 Å². The predicted molar refractivity (Wildman–Crippen MR) is 102 cm³/mol. The Bertz CT molecular complexity index is 744. The number of nitrogens with one attached hydrogen (secondary N) is 3. The first-order valence-electron chi connectivity index (χ1n) is 9.90. The molecule has 3 N–H and O–H groups in total. The number of rotatable bonds is 4. The van der Waals surface area contributed by atoms with Crippen LogP contribution in [0.2, 0.25) is 0 Å². The molecule has 1 amide bonds. The Morgan fingerprint density at radius 2 is 1.92 bits per heavy atom. The largest absolute Gasteiger partial charge is 0.357 e. The van der Waals surface area contributed by atoms with Gasteiger partial charge in [-0.05, 0) is 56.8 Å². The molecule has 26 heavy (non-hydrogen) atoms. The van der Waals surface area contributed by atoms with Gasteiger partial charge in [0.1, 0.15) is 5.82 Å². The van der Waals surface area contributed by atoms with Crippen molar-refractivity contribution in [2.24, 2.45) is 5.92 Å². The average Bonchev–Trinajstić information content (AvgIpc) is 2.92. The fourth-order valence-corrected chi connectivity index (χ4v) is 3.95. The number of carbonyl (C=O) groups is 1. The van der Waals surface area contributed by atoms with E-state index in [2.05, 4.69) is 25.7 Å². The zero-order chi connectivity index (χ0) is 17.8. The highest BCUT2D eigenvalue weighted by Crippen LogP contribution is 2.22. The van der Waals surface area contributed by atoms with Crippen molar-refractivity contribution in [3.8, 4) is 0 Å². The zero-order valence-electron chi connectivity index (χ0n) is 15.3. The van der Waals surface area contributed by atoms with Crippen LogP contribution in [0.15, 0.2) is 12.1 Å². The Labute approximate surface area is 153 Å². The molecule has 2 aliphatic rings. The third-order valence-electron chi connectivity index (χ3n) is 5.56. The van der Waals surface area contributed by atoms with Gasteiger partial charge in [-0.3, -0.25) is 9.89 Å². The van der Waals surface area contributed by atoms with Gasteiger partial charge in [-0.25, -0.2) is 4.98 Å². The van der Waals surface area contributed by atoms with Crippen molar-refractivity contribution < 1.29 is 4.79 Å². The van der Waals surface area contributed by atoms with Crippen LogP contribution in [0.25, 0.3) is 11.0 Å². The van der Waals surface area contributed by atoms with Crippen LogP contribution in [-0.2, 0) is 0 Å². The van der Waals surface area contributed by atoms with E-state index in [0.29, 0.717) is 23.8 Å². The Hall–Kier alpha value is -2.15. The molecule has 0 bridgehead atoms. The van der Waals surface area contributed by atoms with Crippen LogP contribution >= 0.6 is 0 Å². The van der Waals surface area contributed by atoms with Crippen molar-refractivity contribution in [3.05, 3.63) is 17.8 Å². The molecular formula is C19H28N6O. The summed E-state index contributed by atoms with van der Waals surface area (Å²) in [4.78, 5) is 19.6. The number of carbonyl (C=O) groups excluding carboxylic acids is 1. The molecule has 7 nitrogen and oxygen atoms in total. The SMILES string of the molecule is O=C(NCC1CCNCC1)c1n[nH]c2nc(N3CCCCCC3)ccc12. The minimum atomic E-state index is -0.112. The first-order chi connectivity index (χ1) is 12.8. The maximum atomic E-state index is 12.5. The molecule has 0 radical (unpaired) electrons. The van der Waals surface area contributed by atoms with Crippen molar-refractivity contribution in [2.45, 2.75) is 38.5 Å². The van der Waals surface area contributed by atoms with Gasteiger partial charge in [0.25, 0.3) is 5.91 Å². The van der Waals surface area contributed by atoms with Crippen LogP contribution in [0.3, 0.4) is 0 Å². The summed E-state index contributed by atoms with van der Waals surface area (Å²) in [5.74, 6) is 1.42. The van der Waals surface area contributed by atoms with E-state index in [1.165, 1.54) is 25.7 Å². The average molecular weight is 356 g/mol. The lowest BCUT2D eigenvalue weighted by Crippen LogP contribution is -2.36. The van der Waals surface area contributed by atoms with Crippen molar-refractivity contribution in [3.63, 3.8) is 0 Å². The Kier molecular flexibility index (Phi) is 5.34. The molecule has 140 valence electrons. The number of nitrogens with zero attached hydrogens (tertiary/aromatic N) is 3. The second-order valence-corrected chi connectivity index (χ2v) is 7.44. The third kappa shape index (κ3) is 3.82. The predicted octanol–water partition coefficient (Wildman–Crippen LogP) is 2.07. The molecule has 2 aromatic rings. The van der Waals surface area contributed by atoms with Gasteiger partial charge in [0.05, 0.1) is 5.39 Å². The smallest absolute Gasteiger partial charge is 0.272 e. The minimum Gasteiger partial charge on any atom is -0.357 e. The molecule has 2 fully saturated rings. The lowest BCUT2D eigenvalue weighted by Gasteiger charge is -2.22. The fourth-order valence-electron chi connectivity index (χ4n) is 3.95. The van der Waals surface area contributed by atoms with E-state index in [1.54, 1.807) is 0 Å². The molecule has 0 spiro atoms. The van der Waals surface area contributed by atoms with Crippen molar-refractivity contribution in [2.75, 3.05) is 37.6 Å². The van der Waals surface area contributed by atoms with Crippen LogP contribution in [0.4, 0.5) is 5.82 Å². The molecule has 2 saturated heterocycles. The lowest BCUT2D eigenvalue weighted by atomic mass is 9.98. The van der Waals surface area contributed by atoms with E-state index in [-0.39, 0.29) is 5.91 Å². The first-order valence-corrected chi connectivity index (χ1v) is 9.90. The van der Waals surface area contributed by atoms with Crippen LogP contribution in [0, 0.1) is 5.92 Å². The molecule has 2 aromatic heterocycles. The summed E-state index contributed by atoms with van der Waals surface area (Å²) in [5.41, 5.74) is 1.14. The maximum absolute atomic E-state index is 12.5. The number of hydrogen-bond acceptors (Lipinski definition) is 5. The van der Waals surface area contributed by atoms with Gasteiger partial charge in [-0.15, -0.1) is 0 Å². The number of amides is 1. The van der Waals surface area contributed by atoms with Crippen LogP contribution in [0.1, 0.15) is 49.0 Å². The van der Waals surface area contributed by atoms with Crippen LogP contribution < -0.4 is 15.5 Å². The number of H-pyrrole nitrogens is 1. The zero-order valence-corrected chi connectivity index (χ0v) is 15.3. The summed E-state index contributed by atoms with van der Waals surface area (Å²) in [6.45, 7) is 4.89. The fraction of sp³-hybridized carbons (Fsp3) is 0.632. The highest BCUT2D eigenvalue weighted by atomic mass is 16.1. The molecule has 0 unspecified atom stereocenters. The summed E-state index contributed by atoms with van der Waals surface area (Å²) >= 11 is 0. The van der Waals surface area contributed by atoms with Crippen molar-refractivity contribution in [1.82, 2.24) is 25.8 Å². The lowest BCUT2D eigenvalue weighted by molar-refractivity contribution is 0.0941. The number of pyridine rings is 1. The van der Waals surface area contributed by atoms with E-state index in [9.17, 15) is 4.79 Å². The summed E-state index contributed by atoms with van der Waals surface area (Å²) in [7, 11) is 0. The van der Waals surface area contributed by atoms with Gasteiger partial charge in [0.15, 0.2) is 11.3 Å². The summed E-state index contributed by atoms with van der Waals surface area (Å²) in [6, 6.07) is 4.00. The second kappa shape index (κ2) is 8.03. The monoisotopic (exact) mass is 356 g/mol.